The van der Waals surface area contributed by atoms with Crippen molar-refractivity contribution >= 4 is 15.9 Å². The standard InChI is InChI=1S/C20H24N2O4S/c1-2-26-18-9-11-19(12-10-18)27(24,25)21-14-16-6-3-4-7-17(16)15-22-13-5-8-20(22)23/h3-4,6-7,9-12,21H,2,5,8,13-15H2,1H3. The van der Waals surface area contributed by atoms with Crippen LogP contribution in [0.25, 0.3) is 0 Å². The highest BCUT2D eigenvalue weighted by Gasteiger charge is 2.21. The second kappa shape index (κ2) is 8.54. The van der Waals surface area contributed by atoms with Gasteiger partial charge in [0.15, 0.2) is 0 Å². The average molecular weight is 388 g/mol. The lowest BCUT2D eigenvalue weighted by atomic mass is 10.1. The number of carbonyl (C=O) groups is 1. The molecule has 1 heterocycles. The number of nitrogens with one attached hydrogen (secondary N) is 1. The summed E-state index contributed by atoms with van der Waals surface area (Å²) >= 11 is 0. The van der Waals surface area contributed by atoms with Crippen molar-refractivity contribution in [2.75, 3.05) is 13.2 Å². The summed E-state index contributed by atoms with van der Waals surface area (Å²) in [6.07, 6.45) is 1.47. The van der Waals surface area contributed by atoms with Crippen LogP contribution in [0.5, 0.6) is 5.75 Å². The third-order valence-corrected chi connectivity index (χ3v) is 5.97. The lowest BCUT2D eigenvalue weighted by Gasteiger charge is -2.18. The SMILES string of the molecule is CCOc1ccc(S(=O)(=O)NCc2ccccc2CN2CCCC2=O)cc1. The lowest BCUT2D eigenvalue weighted by Crippen LogP contribution is -2.27. The van der Waals surface area contributed by atoms with Gasteiger partial charge in [0.2, 0.25) is 15.9 Å². The molecule has 0 bridgehead atoms. The minimum Gasteiger partial charge on any atom is -0.494 e. The van der Waals surface area contributed by atoms with Crippen molar-refractivity contribution in [2.45, 2.75) is 37.8 Å². The maximum absolute atomic E-state index is 12.6. The van der Waals surface area contributed by atoms with Crippen molar-refractivity contribution in [3.63, 3.8) is 0 Å². The summed E-state index contributed by atoms with van der Waals surface area (Å²) in [4.78, 5) is 13.9. The number of hydrogen-bond acceptors (Lipinski definition) is 4. The Morgan fingerprint density at radius 1 is 1.07 bits per heavy atom. The third kappa shape index (κ3) is 4.87. The highest BCUT2D eigenvalue weighted by Crippen LogP contribution is 2.19. The fourth-order valence-corrected chi connectivity index (χ4v) is 4.11. The Morgan fingerprint density at radius 3 is 2.41 bits per heavy atom. The zero-order valence-electron chi connectivity index (χ0n) is 15.3. The molecule has 7 heteroatoms. The Hall–Kier alpha value is -2.38. The number of amides is 1. The van der Waals surface area contributed by atoms with E-state index in [9.17, 15) is 13.2 Å². The van der Waals surface area contributed by atoms with Crippen molar-refractivity contribution in [1.82, 2.24) is 9.62 Å². The van der Waals surface area contributed by atoms with E-state index in [0.29, 0.717) is 25.3 Å². The van der Waals surface area contributed by atoms with Gasteiger partial charge in [-0.15, -0.1) is 0 Å². The van der Waals surface area contributed by atoms with Gasteiger partial charge in [0.05, 0.1) is 11.5 Å². The molecule has 0 radical (unpaired) electrons. The summed E-state index contributed by atoms with van der Waals surface area (Å²) in [5.74, 6) is 0.789. The van der Waals surface area contributed by atoms with Crippen LogP contribution in [0.1, 0.15) is 30.9 Å². The quantitative estimate of drug-likeness (QED) is 0.754. The molecule has 144 valence electrons. The first-order valence-electron chi connectivity index (χ1n) is 9.06. The summed E-state index contributed by atoms with van der Waals surface area (Å²) in [5, 5.41) is 0. The first kappa shape index (κ1) is 19.4. The molecule has 1 N–H and O–H groups in total. The molecular formula is C20H24N2O4S. The molecule has 3 rings (SSSR count). The Bertz CT molecular complexity index is 894. The molecular weight excluding hydrogens is 364 g/mol. The predicted octanol–water partition coefficient (Wildman–Crippen LogP) is 2.69. The second-order valence-corrected chi connectivity index (χ2v) is 8.18. The molecule has 0 atom stereocenters. The highest BCUT2D eigenvalue weighted by molar-refractivity contribution is 7.89. The molecule has 6 nitrogen and oxygen atoms in total. The van der Waals surface area contributed by atoms with Gasteiger partial charge in [-0.25, -0.2) is 13.1 Å². The first-order chi connectivity index (χ1) is 13.0. The van der Waals surface area contributed by atoms with E-state index >= 15 is 0 Å². The van der Waals surface area contributed by atoms with Crippen LogP contribution in [0.15, 0.2) is 53.4 Å². The van der Waals surface area contributed by atoms with Crippen LogP contribution in [-0.4, -0.2) is 32.4 Å². The van der Waals surface area contributed by atoms with E-state index < -0.39 is 10.0 Å². The summed E-state index contributed by atoms with van der Waals surface area (Å²) < 4.78 is 33.1. The average Bonchev–Trinajstić information content (AvgIpc) is 3.06. The molecule has 1 aliphatic heterocycles. The van der Waals surface area contributed by atoms with Gasteiger partial charge in [-0.3, -0.25) is 4.79 Å². The first-order valence-corrected chi connectivity index (χ1v) is 10.5. The Morgan fingerprint density at radius 2 is 1.78 bits per heavy atom. The number of hydrogen-bond donors (Lipinski definition) is 1. The Kier molecular flexibility index (Phi) is 6.13. The molecule has 2 aromatic carbocycles. The van der Waals surface area contributed by atoms with E-state index in [4.69, 9.17) is 4.74 Å². The fraction of sp³-hybridized carbons (Fsp3) is 0.350. The lowest BCUT2D eigenvalue weighted by molar-refractivity contribution is -0.128. The number of carbonyl (C=O) groups excluding carboxylic acids is 1. The van der Waals surface area contributed by atoms with Gasteiger partial charge >= 0.3 is 0 Å². The number of sulfonamides is 1. The molecule has 0 spiro atoms. The molecule has 1 aliphatic rings. The Labute approximate surface area is 160 Å². The minimum atomic E-state index is -3.63. The molecule has 2 aromatic rings. The summed E-state index contributed by atoms with van der Waals surface area (Å²) in [5.41, 5.74) is 1.83. The van der Waals surface area contributed by atoms with Crippen LogP contribution < -0.4 is 9.46 Å². The smallest absolute Gasteiger partial charge is 0.240 e. The topological polar surface area (TPSA) is 75.7 Å². The van der Waals surface area contributed by atoms with Crippen LogP contribution in [0.4, 0.5) is 0 Å². The van der Waals surface area contributed by atoms with Gasteiger partial charge in [0.1, 0.15) is 5.75 Å². The molecule has 0 aromatic heterocycles. The van der Waals surface area contributed by atoms with Crippen molar-refractivity contribution in [3.8, 4) is 5.75 Å². The van der Waals surface area contributed by atoms with Crippen molar-refractivity contribution in [2.24, 2.45) is 0 Å². The molecule has 1 fully saturated rings. The number of likely N-dealkylation sites (tertiary alicyclic amines) is 1. The molecule has 1 saturated heterocycles. The van der Waals surface area contributed by atoms with Crippen LogP contribution in [0.3, 0.4) is 0 Å². The summed E-state index contributed by atoms with van der Waals surface area (Å²) in [6.45, 7) is 3.85. The Balaban J connectivity index is 1.69. The van der Waals surface area contributed by atoms with Gasteiger partial charge in [0, 0.05) is 26.1 Å². The number of rotatable bonds is 8. The summed E-state index contributed by atoms with van der Waals surface area (Å²) in [7, 11) is -3.63. The van der Waals surface area contributed by atoms with E-state index in [1.807, 2.05) is 36.1 Å². The maximum atomic E-state index is 12.6. The normalized spacial score (nSPS) is 14.6. The summed E-state index contributed by atoms with van der Waals surface area (Å²) in [6, 6.07) is 13.9. The van der Waals surface area contributed by atoms with Gasteiger partial charge in [-0.1, -0.05) is 24.3 Å². The van der Waals surface area contributed by atoms with Crippen LogP contribution >= 0.6 is 0 Å². The van der Waals surface area contributed by atoms with E-state index in [1.54, 1.807) is 12.1 Å². The van der Waals surface area contributed by atoms with E-state index in [-0.39, 0.29) is 17.3 Å². The molecule has 0 saturated carbocycles. The predicted molar refractivity (Wildman–Crippen MR) is 103 cm³/mol. The third-order valence-electron chi connectivity index (χ3n) is 4.55. The van der Waals surface area contributed by atoms with Crippen LogP contribution in [-0.2, 0) is 27.9 Å². The number of nitrogens with zero attached hydrogens (tertiary/aromatic N) is 1. The van der Waals surface area contributed by atoms with Crippen molar-refractivity contribution in [1.29, 1.82) is 0 Å². The number of benzene rings is 2. The molecule has 0 aliphatic carbocycles. The van der Waals surface area contributed by atoms with E-state index in [2.05, 4.69) is 4.72 Å². The van der Waals surface area contributed by atoms with Crippen LogP contribution in [0, 0.1) is 0 Å². The fourth-order valence-electron chi connectivity index (χ4n) is 3.10. The molecule has 0 unspecified atom stereocenters. The van der Waals surface area contributed by atoms with Crippen molar-refractivity contribution < 1.29 is 17.9 Å². The van der Waals surface area contributed by atoms with Crippen LogP contribution in [0.2, 0.25) is 0 Å². The zero-order chi connectivity index (χ0) is 19.3. The minimum absolute atomic E-state index is 0.153. The van der Waals surface area contributed by atoms with E-state index in [0.717, 1.165) is 24.1 Å². The van der Waals surface area contributed by atoms with Gasteiger partial charge in [-0.05, 0) is 48.7 Å². The van der Waals surface area contributed by atoms with Gasteiger partial charge in [0.25, 0.3) is 0 Å². The zero-order valence-corrected chi connectivity index (χ0v) is 16.2. The molecule has 1 amide bonds. The highest BCUT2D eigenvalue weighted by atomic mass is 32.2. The largest absolute Gasteiger partial charge is 0.494 e. The molecule has 27 heavy (non-hydrogen) atoms. The number of ether oxygens (including phenoxy) is 1. The van der Waals surface area contributed by atoms with Gasteiger partial charge < -0.3 is 9.64 Å². The monoisotopic (exact) mass is 388 g/mol. The van der Waals surface area contributed by atoms with Gasteiger partial charge in [-0.2, -0.15) is 0 Å². The maximum Gasteiger partial charge on any atom is 0.240 e. The second-order valence-electron chi connectivity index (χ2n) is 6.42. The van der Waals surface area contributed by atoms with E-state index in [1.165, 1.54) is 12.1 Å². The van der Waals surface area contributed by atoms with Crippen molar-refractivity contribution in [3.05, 3.63) is 59.7 Å².